The SMILES string of the molecule is CC(C)CCC[C@@H](C)[C@H]1CCC2C3C(CC[C@@]21C)[C@@]1(C)CC[C@H](NCCCN)C[C@@H]1C[C@H]3O. The van der Waals surface area contributed by atoms with Crippen LogP contribution < -0.4 is 11.1 Å². The van der Waals surface area contributed by atoms with Crippen molar-refractivity contribution in [2.24, 2.45) is 58.0 Å². The highest BCUT2D eigenvalue weighted by Crippen LogP contribution is 2.68. The van der Waals surface area contributed by atoms with Crippen molar-refractivity contribution in [2.45, 2.75) is 124 Å². The van der Waals surface area contributed by atoms with E-state index in [2.05, 4.69) is 39.9 Å². The van der Waals surface area contributed by atoms with E-state index in [1.54, 1.807) is 0 Å². The van der Waals surface area contributed by atoms with Crippen LogP contribution in [0.2, 0.25) is 0 Å². The van der Waals surface area contributed by atoms with E-state index in [0.717, 1.165) is 55.5 Å². The lowest BCUT2D eigenvalue weighted by Crippen LogP contribution is -2.59. The fraction of sp³-hybridized carbons (Fsp3) is 1.00. The molecule has 4 N–H and O–H groups in total. The second-order valence-corrected chi connectivity index (χ2v) is 13.9. The summed E-state index contributed by atoms with van der Waals surface area (Å²) < 4.78 is 0. The van der Waals surface area contributed by atoms with E-state index in [1.807, 2.05) is 0 Å². The van der Waals surface area contributed by atoms with Gasteiger partial charge in [-0.3, -0.25) is 0 Å². The molecule has 0 radical (unpaired) electrons. The van der Waals surface area contributed by atoms with Gasteiger partial charge in [0.25, 0.3) is 0 Å². The van der Waals surface area contributed by atoms with E-state index in [1.165, 1.54) is 64.2 Å². The lowest BCUT2D eigenvalue weighted by atomic mass is 9.43. The molecule has 0 aromatic rings. The molecule has 33 heavy (non-hydrogen) atoms. The Hall–Kier alpha value is -0.120. The second kappa shape index (κ2) is 10.5. The molecule has 3 nitrogen and oxygen atoms in total. The number of aliphatic hydroxyl groups is 1. The van der Waals surface area contributed by atoms with Gasteiger partial charge in [0.2, 0.25) is 0 Å². The minimum absolute atomic E-state index is 0.0736. The third-order valence-electron chi connectivity index (χ3n) is 11.7. The first-order chi connectivity index (χ1) is 15.7. The van der Waals surface area contributed by atoms with Crippen molar-refractivity contribution in [3.05, 3.63) is 0 Å². The van der Waals surface area contributed by atoms with Gasteiger partial charge in [-0.25, -0.2) is 0 Å². The average Bonchev–Trinajstić information content (AvgIpc) is 3.11. The summed E-state index contributed by atoms with van der Waals surface area (Å²) >= 11 is 0. The van der Waals surface area contributed by atoms with Gasteiger partial charge in [-0.05, 0) is 123 Å². The van der Waals surface area contributed by atoms with Crippen molar-refractivity contribution < 1.29 is 5.11 Å². The third kappa shape index (κ3) is 4.94. The van der Waals surface area contributed by atoms with Crippen LogP contribution in [0.25, 0.3) is 0 Å². The lowest BCUT2D eigenvalue weighted by Gasteiger charge is -2.62. The third-order valence-corrected chi connectivity index (χ3v) is 11.7. The Labute approximate surface area is 205 Å². The zero-order chi connectivity index (χ0) is 23.8. The minimum Gasteiger partial charge on any atom is -0.393 e. The molecule has 0 aromatic heterocycles. The van der Waals surface area contributed by atoms with E-state index in [9.17, 15) is 5.11 Å². The van der Waals surface area contributed by atoms with Crippen molar-refractivity contribution >= 4 is 0 Å². The molecule has 4 aliphatic carbocycles. The molecule has 3 heteroatoms. The van der Waals surface area contributed by atoms with Crippen LogP contribution in [0.4, 0.5) is 0 Å². The highest BCUT2D eigenvalue weighted by Gasteiger charge is 2.62. The highest BCUT2D eigenvalue weighted by molar-refractivity contribution is 5.12. The Balaban J connectivity index is 1.44. The molecule has 4 saturated carbocycles. The number of hydrogen-bond donors (Lipinski definition) is 3. The van der Waals surface area contributed by atoms with Gasteiger partial charge < -0.3 is 16.2 Å². The van der Waals surface area contributed by atoms with Crippen LogP contribution in [-0.2, 0) is 0 Å². The summed E-state index contributed by atoms with van der Waals surface area (Å²) in [6, 6.07) is 0.634. The minimum atomic E-state index is -0.0736. The van der Waals surface area contributed by atoms with Crippen molar-refractivity contribution in [3.63, 3.8) is 0 Å². The average molecular weight is 461 g/mol. The molecule has 4 fully saturated rings. The second-order valence-electron chi connectivity index (χ2n) is 13.9. The maximum Gasteiger partial charge on any atom is 0.0577 e. The Morgan fingerprint density at radius 2 is 1.64 bits per heavy atom. The van der Waals surface area contributed by atoms with Crippen LogP contribution >= 0.6 is 0 Å². The summed E-state index contributed by atoms with van der Waals surface area (Å²) in [6.45, 7) is 14.4. The molecule has 0 heterocycles. The van der Waals surface area contributed by atoms with Crippen LogP contribution in [0.5, 0.6) is 0 Å². The molecule has 192 valence electrons. The normalized spacial score (nSPS) is 46.0. The van der Waals surface area contributed by atoms with E-state index in [-0.39, 0.29) is 6.10 Å². The van der Waals surface area contributed by atoms with E-state index in [0.29, 0.717) is 28.7 Å². The van der Waals surface area contributed by atoms with Crippen LogP contribution in [0.1, 0.15) is 112 Å². The molecule has 0 amide bonds. The zero-order valence-electron chi connectivity index (χ0n) is 22.6. The fourth-order valence-electron chi connectivity index (χ4n) is 9.84. The molecule has 0 bridgehead atoms. The van der Waals surface area contributed by atoms with Crippen LogP contribution in [0.15, 0.2) is 0 Å². The molecule has 0 aromatic carbocycles. The smallest absolute Gasteiger partial charge is 0.0577 e. The number of nitrogens with one attached hydrogen (secondary N) is 1. The number of nitrogens with two attached hydrogens (primary N) is 1. The first-order valence-electron chi connectivity index (χ1n) is 14.8. The van der Waals surface area contributed by atoms with Gasteiger partial charge in [0.1, 0.15) is 0 Å². The molecule has 0 aliphatic heterocycles. The molecular formula is C30H56N2O. The fourth-order valence-corrected chi connectivity index (χ4v) is 9.84. The van der Waals surface area contributed by atoms with Crippen LogP contribution in [-0.4, -0.2) is 30.3 Å². The molecule has 4 aliphatic rings. The van der Waals surface area contributed by atoms with Crippen molar-refractivity contribution in [3.8, 4) is 0 Å². The number of aliphatic hydroxyl groups excluding tert-OH is 1. The standard InChI is InChI=1S/C30H56N2O/c1-20(2)8-6-9-21(3)24-10-11-25-28-26(13-15-30(24,25)5)29(4)14-12-23(32-17-7-16-31)18-22(29)19-27(28)33/h20-28,32-33H,6-19,31H2,1-5H3/t21-,22-,23+,24-,25?,26?,27-,28?,29+,30-/m1/s1. The van der Waals surface area contributed by atoms with Crippen molar-refractivity contribution in [1.29, 1.82) is 0 Å². The van der Waals surface area contributed by atoms with Gasteiger partial charge in [0, 0.05) is 6.04 Å². The topological polar surface area (TPSA) is 58.3 Å². The predicted molar refractivity (Wildman–Crippen MR) is 140 cm³/mol. The van der Waals surface area contributed by atoms with Gasteiger partial charge in [0.15, 0.2) is 0 Å². The Bertz CT molecular complexity index is 637. The lowest BCUT2D eigenvalue weighted by molar-refractivity contribution is -0.167. The summed E-state index contributed by atoms with van der Waals surface area (Å²) in [4.78, 5) is 0. The highest BCUT2D eigenvalue weighted by atomic mass is 16.3. The maximum absolute atomic E-state index is 11.6. The summed E-state index contributed by atoms with van der Waals surface area (Å²) in [5, 5.41) is 15.4. The first-order valence-corrected chi connectivity index (χ1v) is 14.8. The summed E-state index contributed by atoms with van der Waals surface area (Å²) in [7, 11) is 0. The number of rotatable bonds is 9. The van der Waals surface area contributed by atoms with Gasteiger partial charge in [-0.15, -0.1) is 0 Å². The summed E-state index contributed by atoms with van der Waals surface area (Å²) in [5.41, 5.74) is 6.61. The summed E-state index contributed by atoms with van der Waals surface area (Å²) in [5.74, 6) is 5.28. The number of hydrogen-bond acceptors (Lipinski definition) is 3. The predicted octanol–water partition coefficient (Wildman–Crippen LogP) is 6.39. The Kier molecular flexibility index (Phi) is 8.24. The maximum atomic E-state index is 11.6. The zero-order valence-corrected chi connectivity index (χ0v) is 22.6. The molecule has 3 unspecified atom stereocenters. The van der Waals surface area contributed by atoms with Gasteiger partial charge >= 0.3 is 0 Å². The molecular weight excluding hydrogens is 404 g/mol. The van der Waals surface area contributed by atoms with Crippen molar-refractivity contribution in [2.75, 3.05) is 13.1 Å². The molecule has 0 saturated heterocycles. The van der Waals surface area contributed by atoms with Gasteiger partial charge in [-0.2, -0.15) is 0 Å². The van der Waals surface area contributed by atoms with E-state index in [4.69, 9.17) is 5.73 Å². The molecule has 4 rings (SSSR count). The van der Waals surface area contributed by atoms with Crippen molar-refractivity contribution in [1.82, 2.24) is 5.32 Å². The molecule has 10 atom stereocenters. The van der Waals surface area contributed by atoms with Crippen LogP contribution in [0, 0.1) is 52.3 Å². The largest absolute Gasteiger partial charge is 0.393 e. The first kappa shape index (κ1) is 26.0. The summed E-state index contributed by atoms with van der Waals surface area (Å²) in [6.07, 6.45) is 15.7. The Morgan fingerprint density at radius 1 is 0.909 bits per heavy atom. The Morgan fingerprint density at radius 3 is 2.36 bits per heavy atom. The van der Waals surface area contributed by atoms with Gasteiger partial charge in [0.05, 0.1) is 6.10 Å². The monoisotopic (exact) mass is 460 g/mol. The van der Waals surface area contributed by atoms with Crippen LogP contribution in [0.3, 0.4) is 0 Å². The van der Waals surface area contributed by atoms with E-state index >= 15 is 0 Å². The van der Waals surface area contributed by atoms with E-state index < -0.39 is 0 Å². The number of fused-ring (bicyclic) bond motifs is 5. The quantitative estimate of drug-likeness (QED) is 0.350. The molecule has 0 spiro atoms. The van der Waals surface area contributed by atoms with Gasteiger partial charge in [-0.1, -0.05) is 53.9 Å².